The molecule has 2 rings (SSSR count). The molecule has 2 atom stereocenters. The maximum Gasteiger partial charge on any atom is 0.237 e. The Morgan fingerprint density at radius 3 is 2.64 bits per heavy atom. The van der Waals surface area contributed by atoms with Crippen LogP contribution in [0.1, 0.15) is 58.3 Å². The van der Waals surface area contributed by atoms with Crippen LogP contribution in [0.25, 0.3) is 0 Å². The van der Waals surface area contributed by atoms with Gasteiger partial charge in [-0.15, -0.1) is 0 Å². The number of carbonyl (C=O) groups is 1. The van der Waals surface area contributed by atoms with Gasteiger partial charge in [0.25, 0.3) is 0 Å². The molecule has 5 heteroatoms. The molecule has 1 aliphatic carbocycles. The molecule has 1 heterocycles. The van der Waals surface area contributed by atoms with Gasteiger partial charge in [-0.1, -0.05) is 25.7 Å². The average Bonchev–Trinajstić information content (AvgIpc) is 2.55. The summed E-state index contributed by atoms with van der Waals surface area (Å²) in [7, 11) is 1.78. The molecular weight excluding hydrogens is 278 g/mol. The highest BCUT2D eigenvalue weighted by molar-refractivity contribution is 5.79. The van der Waals surface area contributed by atoms with Gasteiger partial charge in [-0.05, 0) is 39.2 Å². The Morgan fingerprint density at radius 1 is 1.36 bits per heavy atom. The summed E-state index contributed by atoms with van der Waals surface area (Å²) in [6.07, 6.45) is 7.47. The lowest BCUT2D eigenvalue weighted by molar-refractivity contribution is -0.137. The second-order valence-electron chi connectivity index (χ2n) is 6.93. The minimum Gasteiger partial charge on any atom is -0.392 e. The number of nitrogens with zero attached hydrogens (tertiary/aromatic N) is 3. The maximum absolute atomic E-state index is 12.7. The summed E-state index contributed by atoms with van der Waals surface area (Å²) in [6.45, 7) is 2.97. The SMILES string of the molecule is CC(O)C1CCCCN1CC(=O)N(C)C1(C#N)CCCCC1. The number of piperidine rings is 1. The molecule has 1 N–H and O–H groups in total. The standard InChI is InChI=1S/C17H29N3O2/c1-14(21)15-8-4-7-11-20(15)12-16(22)19(2)17(13-18)9-5-3-6-10-17/h14-15,21H,3-12H2,1-2H3. The highest BCUT2D eigenvalue weighted by Crippen LogP contribution is 2.32. The number of carbonyl (C=O) groups excluding carboxylic acids is 1. The molecule has 1 amide bonds. The largest absolute Gasteiger partial charge is 0.392 e. The zero-order chi connectivity index (χ0) is 16.2. The van der Waals surface area contributed by atoms with Crippen molar-refractivity contribution in [2.24, 2.45) is 0 Å². The van der Waals surface area contributed by atoms with Crippen molar-refractivity contribution in [2.45, 2.75) is 76.0 Å². The van der Waals surface area contributed by atoms with Gasteiger partial charge < -0.3 is 10.0 Å². The number of rotatable bonds is 4. The minimum atomic E-state index is -0.620. The van der Waals surface area contributed by atoms with E-state index in [-0.39, 0.29) is 11.9 Å². The zero-order valence-electron chi connectivity index (χ0n) is 13.9. The van der Waals surface area contributed by atoms with Gasteiger partial charge in [0, 0.05) is 13.1 Å². The van der Waals surface area contributed by atoms with E-state index in [1.165, 1.54) is 0 Å². The van der Waals surface area contributed by atoms with Crippen LogP contribution in [0, 0.1) is 11.3 Å². The fourth-order valence-corrected chi connectivity index (χ4v) is 3.94. The zero-order valence-corrected chi connectivity index (χ0v) is 13.9. The molecule has 0 spiro atoms. The Hall–Kier alpha value is -1.12. The van der Waals surface area contributed by atoms with Crippen molar-refractivity contribution in [2.75, 3.05) is 20.1 Å². The van der Waals surface area contributed by atoms with Crippen molar-refractivity contribution in [1.29, 1.82) is 5.26 Å². The molecule has 0 radical (unpaired) electrons. The van der Waals surface area contributed by atoms with Crippen molar-refractivity contribution in [3.8, 4) is 6.07 Å². The van der Waals surface area contributed by atoms with Crippen LogP contribution in [-0.2, 0) is 4.79 Å². The van der Waals surface area contributed by atoms with E-state index < -0.39 is 11.6 Å². The summed E-state index contributed by atoms with van der Waals surface area (Å²) in [5.74, 6) is 0.0102. The molecule has 1 saturated carbocycles. The summed E-state index contributed by atoms with van der Waals surface area (Å²) in [4.78, 5) is 16.5. The van der Waals surface area contributed by atoms with Gasteiger partial charge in [0.05, 0.1) is 18.7 Å². The third kappa shape index (κ3) is 3.61. The molecule has 0 aromatic rings. The number of nitriles is 1. The van der Waals surface area contributed by atoms with E-state index in [2.05, 4.69) is 11.0 Å². The van der Waals surface area contributed by atoms with Gasteiger partial charge >= 0.3 is 0 Å². The average molecular weight is 307 g/mol. The van der Waals surface area contributed by atoms with E-state index in [0.29, 0.717) is 6.54 Å². The highest BCUT2D eigenvalue weighted by Gasteiger charge is 2.39. The summed E-state index contributed by atoms with van der Waals surface area (Å²) >= 11 is 0. The first-order valence-corrected chi connectivity index (χ1v) is 8.60. The molecule has 22 heavy (non-hydrogen) atoms. The monoisotopic (exact) mass is 307 g/mol. The van der Waals surface area contributed by atoms with Crippen molar-refractivity contribution in [3.05, 3.63) is 0 Å². The van der Waals surface area contributed by atoms with Crippen LogP contribution < -0.4 is 0 Å². The fourth-order valence-electron chi connectivity index (χ4n) is 3.94. The number of aliphatic hydroxyl groups excluding tert-OH is 1. The van der Waals surface area contributed by atoms with Crippen LogP contribution in [-0.4, -0.2) is 58.6 Å². The second-order valence-corrected chi connectivity index (χ2v) is 6.93. The molecule has 0 bridgehead atoms. The second kappa shape index (κ2) is 7.43. The molecule has 1 saturated heterocycles. The molecule has 0 aromatic heterocycles. The number of amides is 1. The van der Waals surface area contributed by atoms with Crippen LogP contribution in [0.5, 0.6) is 0 Å². The van der Waals surface area contributed by atoms with Crippen molar-refractivity contribution >= 4 is 5.91 Å². The smallest absolute Gasteiger partial charge is 0.237 e. The van der Waals surface area contributed by atoms with Gasteiger partial charge in [-0.3, -0.25) is 9.69 Å². The van der Waals surface area contributed by atoms with E-state index in [0.717, 1.165) is 57.9 Å². The van der Waals surface area contributed by atoms with Crippen LogP contribution in [0.2, 0.25) is 0 Å². The maximum atomic E-state index is 12.7. The molecule has 5 nitrogen and oxygen atoms in total. The summed E-state index contributed by atoms with van der Waals surface area (Å²) < 4.78 is 0. The molecule has 2 unspecified atom stereocenters. The Labute approximate surface area is 133 Å². The van der Waals surface area contributed by atoms with Crippen molar-refractivity contribution in [3.63, 3.8) is 0 Å². The van der Waals surface area contributed by atoms with E-state index >= 15 is 0 Å². The van der Waals surface area contributed by atoms with Gasteiger partial charge in [0.15, 0.2) is 0 Å². The van der Waals surface area contributed by atoms with Crippen molar-refractivity contribution in [1.82, 2.24) is 9.80 Å². The summed E-state index contributed by atoms with van der Waals surface area (Å²) in [6, 6.07) is 2.47. The normalized spacial score (nSPS) is 26.9. The first-order chi connectivity index (χ1) is 10.5. The predicted octanol–water partition coefficient (Wildman–Crippen LogP) is 1.91. The quantitative estimate of drug-likeness (QED) is 0.861. The first-order valence-electron chi connectivity index (χ1n) is 8.60. The van der Waals surface area contributed by atoms with E-state index in [4.69, 9.17) is 0 Å². The Morgan fingerprint density at radius 2 is 2.05 bits per heavy atom. The number of likely N-dealkylation sites (tertiary alicyclic amines) is 1. The highest BCUT2D eigenvalue weighted by atomic mass is 16.3. The Kier molecular flexibility index (Phi) is 5.82. The third-order valence-corrected chi connectivity index (χ3v) is 5.46. The number of aliphatic hydroxyl groups is 1. The van der Waals surface area contributed by atoms with Crippen LogP contribution in [0.3, 0.4) is 0 Å². The van der Waals surface area contributed by atoms with E-state index in [9.17, 15) is 15.2 Å². The summed E-state index contributed by atoms with van der Waals surface area (Å²) in [5.41, 5.74) is -0.620. The molecule has 124 valence electrons. The molecule has 0 aromatic carbocycles. The lowest BCUT2D eigenvalue weighted by Crippen LogP contribution is -2.55. The van der Waals surface area contributed by atoms with E-state index in [1.807, 2.05) is 0 Å². The van der Waals surface area contributed by atoms with Crippen LogP contribution >= 0.6 is 0 Å². The van der Waals surface area contributed by atoms with Gasteiger partial charge in [0.1, 0.15) is 5.54 Å². The minimum absolute atomic E-state index is 0.0102. The Balaban J connectivity index is 2.02. The summed E-state index contributed by atoms with van der Waals surface area (Å²) in [5, 5.41) is 19.5. The van der Waals surface area contributed by atoms with Crippen molar-refractivity contribution < 1.29 is 9.90 Å². The topological polar surface area (TPSA) is 67.6 Å². The van der Waals surface area contributed by atoms with Crippen LogP contribution in [0.4, 0.5) is 0 Å². The number of likely N-dealkylation sites (N-methyl/N-ethyl adjacent to an activating group) is 1. The molecule has 2 fully saturated rings. The predicted molar refractivity (Wildman–Crippen MR) is 85.1 cm³/mol. The molecular formula is C17H29N3O2. The fraction of sp³-hybridized carbons (Fsp3) is 0.882. The van der Waals surface area contributed by atoms with Gasteiger partial charge in [-0.25, -0.2) is 0 Å². The van der Waals surface area contributed by atoms with Gasteiger partial charge in [0.2, 0.25) is 5.91 Å². The lowest BCUT2D eigenvalue weighted by Gasteiger charge is -2.42. The van der Waals surface area contributed by atoms with Crippen LogP contribution in [0.15, 0.2) is 0 Å². The molecule has 1 aliphatic heterocycles. The van der Waals surface area contributed by atoms with Gasteiger partial charge in [-0.2, -0.15) is 5.26 Å². The molecule has 2 aliphatic rings. The lowest BCUT2D eigenvalue weighted by atomic mass is 9.81. The Bertz CT molecular complexity index is 424. The van der Waals surface area contributed by atoms with E-state index in [1.54, 1.807) is 18.9 Å². The number of hydrogen-bond donors (Lipinski definition) is 1. The first kappa shape index (κ1) is 17.2. The third-order valence-electron chi connectivity index (χ3n) is 5.46. The number of hydrogen-bond acceptors (Lipinski definition) is 4.